The van der Waals surface area contributed by atoms with Gasteiger partial charge in [0.05, 0.1) is 30.7 Å². The van der Waals surface area contributed by atoms with Crippen molar-refractivity contribution in [3.05, 3.63) is 45.9 Å². The first-order valence-corrected chi connectivity index (χ1v) is 9.45. The van der Waals surface area contributed by atoms with Crippen molar-refractivity contribution in [2.24, 2.45) is 11.8 Å². The molecule has 2 aliphatic heterocycles. The van der Waals surface area contributed by atoms with Gasteiger partial charge in [0.2, 0.25) is 0 Å². The number of hydrogen-bond acceptors (Lipinski definition) is 6. The van der Waals surface area contributed by atoms with Gasteiger partial charge in [-0.3, -0.25) is 9.69 Å². The van der Waals surface area contributed by atoms with Crippen LogP contribution in [0.25, 0.3) is 0 Å². The topological polar surface area (TPSA) is 67.4 Å². The van der Waals surface area contributed by atoms with Crippen LogP contribution in [0.5, 0.6) is 0 Å². The van der Waals surface area contributed by atoms with E-state index >= 15 is 0 Å². The molecular weight excluding hydrogens is 336 g/mol. The van der Waals surface area contributed by atoms with E-state index in [1.807, 2.05) is 11.3 Å². The van der Waals surface area contributed by atoms with Crippen LogP contribution in [0.4, 0.5) is 0 Å². The highest BCUT2D eigenvalue weighted by atomic mass is 32.1. The van der Waals surface area contributed by atoms with Crippen LogP contribution in [0, 0.1) is 18.8 Å². The number of amides is 1. The number of rotatable bonds is 5. The van der Waals surface area contributed by atoms with E-state index in [2.05, 4.69) is 39.5 Å². The third-order valence-corrected chi connectivity index (χ3v) is 6.05. The first kappa shape index (κ1) is 16.6. The summed E-state index contributed by atoms with van der Waals surface area (Å²) in [7, 11) is 0. The Hall–Kier alpha value is -1.83. The second-order valence-electron chi connectivity index (χ2n) is 6.84. The molecule has 2 aliphatic rings. The van der Waals surface area contributed by atoms with E-state index in [9.17, 15) is 4.79 Å². The van der Waals surface area contributed by atoms with Crippen molar-refractivity contribution in [1.29, 1.82) is 0 Å². The van der Waals surface area contributed by atoms with E-state index < -0.39 is 0 Å². The molecule has 0 unspecified atom stereocenters. The third-order valence-electron chi connectivity index (χ3n) is 5.06. The van der Waals surface area contributed by atoms with Crippen LogP contribution in [-0.4, -0.2) is 53.3 Å². The number of carbonyl (C=O) groups excluding carboxylic acids is 1. The van der Waals surface area contributed by atoms with E-state index in [1.165, 1.54) is 22.1 Å². The molecule has 2 aromatic heterocycles. The lowest BCUT2D eigenvalue weighted by Crippen LogP contribution is -2.34. The summed E-state index contributed by atoms with van der Waals surface area (Å²) in [5.41, 5.74) is 0.548. The Labute approximate surface area is 151 Å². The van der Waals surface area contributed by atoms with Crippen LogP contribution in [0.1, 0.15) is 20.1 Å². The van der Waals surface area contributed by atoms with E-state index in [1.54, 1.807) is 6.07 Å². The first-order chi connectivity index (χ1) is 12.2. The Kier molecular flexibility index (Phi) is 4.78. The number of nitrogens with zero attached hydrogens (tertiary/aromatic N) is 3. The monoisotopic (exact) mass is 358 g/mol. The summed E-state index contributed by atoms with van der Waals surface area (Å²) in [5.74, 6) is 0.776. The predicted octanol–water partition coefficient (Wildman–Crippen LogP) is 1.72. The molecule has 0 saturated carbocycles. The standard InChI is InChI=1S/C18H22N4O2S/c1-12-2-3-15(25-12)8-22-9-16-14(11-24-17(16)10-22)6-19-18(23)13-4-5-20-21-7-13/h2-5,7,14,16-17H,6,8-11H2,1H3,(H,19,23)/t14-,16-,17-/m0/s1. The van der Waals surface area contributed by atoms with Gasteiger partial charge in [-0.1, -0.05) is 0 Å². The quantitative estimate of drug-likeness (QED) is 0.882. The fourth-order valence-electron chi connectivity index (χ4n) is 3.76. The lowest BCUT2D eigenvalue weighted by Gasteiger charge is -2.19. The molecule has 2 saturated heterocycles. The van der Waals surface area contributed by atoms with Crippen molar-refractivity contribution in [2.75, 3.05) is 26.2 Å². The number of ether oxygens (including phenoxy) is 1. The molecule has 4 heterocycles. The number of thiophene rings is 1. The number of hydrogen-bond donors (Lipinski definition) is 1. The summed E-state index contributed by atoms with van der Waals surface area (Å²) >= 11 is 1.86. The Morgan fingerprint density at radius 2 is 2.28 bits per heavy atom. The molecule has 0 bridgehead atoms. The largest absolute Gasteiger partial charge is 0.376 e. The molecule has 4 rings (SSSR count). The van der Waals surface area contributed by atoms with Gasteiger partial charge >= 0.3 is 0 Å². The number of likely N-dealkylation sites (tertiary alicyclic amines) is 1. The molecule has 2 fully saturated rings. The van der Waals surface area contributed by atoms with E-state index in [0.29, 0.717) is 30.0 Å². The van der Waals surface area contributed by atoms with E-state index in [4.69, 9.17) is 4.74 Å². The van der Waals surface area contributed by atoms with Crippen molar-refractivity contribution >= 4 is 17.2 Å². The molecule has 0 aliphatic carbocycles. The van der Waals surface area contributed by atoms with Gasteiger partial charge in [0.1, 0.15) is 0 Å². The number of fused-ring (bicyclic) bond motifs is 1. The minimum atomic E-state index is -0.0951. The fraction of sp³-hybridized carbons (Fsp3) is 0.500. The van der Waals surface area contributed by atoms with Gasteiger partial charge in [-0.25, -0.2) is 0 Å². The summed E-state index contributed by atoms with van der Waals surface area (Å²) in [5, 5.41) is 10.5. The molecule has 132 valence electrons. The molecule has 6 nitrogen and oxygen atoms in total. The first-order valence-electron chi connectivity index (χ1n) is 8.63. The highest BCUT2D eigenvalue weighted by Crippen LogP contribution is 2.34. The summed E-state index contributed by atoms with van der Waals surface area (Å²) in [6.45, 7) is 6.55. The maximum atomic E-state index is 12.2. The Morgan fingerprint density at radius 3 is 3.04 bits per heavy atom. The summed E-state index contributed by atoms with van der Waals surface area (Å²) in [6.07, 6.45) is 3.32. The zero-order chi connectivity index (χ0) is 17.2. The van der Waals surface area contributed by atoms with Gasteiger partial charge in [0, 0.05) is 47.8 Å². The van der Waals surface area contributed by atoms with Crippen molar-refractivity contribution in [3.63, 3.8) is 0 Å². The Morgan fingerprint density at radius 1 is 1.36 bits per heavy atom. The molecule has 2 aromatic rings. The smallest absolute Gasteiger partial charge is 0.252 e. The van der Waals surface area contributed by atoms with Crippen LogP contribution in [0.3, 0.4) is 0 Å². The normalized spacial score (nSPS) is 25.9. The van der Waals surface area contributed by atoms with Crippen molar-refractivity contribution < 1.29 is 9.53 Å². The maximum Gasteiger partial charge on any atom is 0.252 e. The average Bonchev–Trinajstić information content (AvgIpc) is 3.30. The van der Waals surface area contributed by atoms with E-state index in [-0.39, 0.29) is 5.91 Å². The zero-order valence-electron chi connectivity index (χ0n) is 14.2. The summed E-state index contributed by atoms with van der Waals surface area (Å²) < 4.78 is 5.99. The van der Waals surface area contributed by atoms with Gasteiger partial charge in [0.25, 0.3) is 5.91 Å². The molecule has 0 radical (unpaired) electrons. The molecule has 1 N–H and O–H groups in total. The summed E-state index contributed by atoms with van der Waals surface area (Å²) in [6, 6.07) is 6.08. The van der Waals surface area contributed by atoms with Crippen LogP contribution in [-0.2, 0) is 11.3 Å². The number of nitrogens with one attached hydrogen (secondary N) is 1. The third kappa shape index (κ3) is 3.73. The van der Waals surface area contributed by atoms with Crippen LogP contribution in [0.2, 0.25) is 0 Å². The number of aromatic nitrogens is 2. The molecule has 25 heavy (non-hydrogen) atoms. The fourth-order valence-corrected chi connectivity index (χ4v) is 4.69. The minimum Gasteiger partial charge on any atom is -0.376 e. The Bertz CT molecular complexity index is 736. The van der Waals surface area contributed by atoms with Crippen LogP contribution in [0.15, 0.2) is 30.6 Å². The molecule has 0 aromatic carbocycles. The number of aryl methyl sites for hydroxylation is 1. The van der Waals surface area contributed by atoms with Gasteiger partial charge in [-0.2, -0.15) is 10.2 Å². The van der Waals surface area contributed by atoms with Crippen molar-refractivity contribution in [1.82, 2.24) is 20.4 Å². The molecule has 0 spiro atoms. The Balaban J connectivity index is 1.30. The number of carbonyl (C=O) groups is 1. The second kappa shape index (κ2) is 7.19. The predicted molar refractivity (Wildman–Crippen MR) is 95.4 cm³/mol. The lowest BCUT2D eigenvalue weighted by molar-refractivity contribution is 0.0904. The average molecular weight is 358 g/mol. The van der Waals surface area contributed by atoms with E-state index in [0.717, 1.165) is 26.2 Å². The van der Waals surface area contributed by atoms with Gasteiger partial charge in [-0.05, 0) is 25.1 Å². The van der Waals surface area contributed by atoms with Gasteiger partial charge in [0.15, 0.2) is 0 Å². The molecule has 7 heteroatoms. The van der Waals surface area contributed by atoms with Crippen LogP contribution >= 0.6 is 11.3 Å². The van der Waals surface area contributed by atoms with Crippen molar-refractivity contribution in [2.45, 2.75) is 19.6 Å². The van der Waals surface area contributed by atoms with Gasteiger partial charge in [-0.15, -0.1) is 11.3 Å². The molecule has 3 atom stereocenters. The summed E-state index contributed by atoms with van der Waals surface area (Å²) in [4.78, 5) is 17.4. The maximum absolute atomic E-state index is 12.2. The molecular formula is C18H22N4O2S. The van der Waals surface area contributed by atoms with Crippen LogP contribution < -0.4 is 5.32 Å². The molecule has 1 amide bonds. The lowest BCUT2D eigenvalue weighted by atomic mass is 9.93. The van der Waals surface area contributed by atoms with Gasteiger partial charge < -0.3 is 10.1 Å². The highest BCUT2D eigenvalue weighted by molar-refractivity contribution is 7.11. The van der Waals surface area contributed by atoms with Crippen molar-refractivity contribution in [3.8, 4) is 0 Å². The zero-order valence-corrected chi connectivity index (χ0v) is 15.0. The SMILES string of the molecule is Cc1ccc(CN2C[C@H]3[C@@H](CNC(=O)c4ccnnc4)CO[C@H]3C2)s1. The minimum absolute atomic E-state index is 0.0951. The highest BCUT2D eigenvalue weighted by Gasteiger charge is 2.43. The second-order valence-corrected chi connectivity index (χ2v) is 8.22.